The van der Waals surface area contributed by atoms with Crippen molar-refractivity contribution in [2.75, 3.05) is 5.32 Å². The Hall–Kier alpha value is -5.07. The maximum atomic E-state index is 12.9. The van der Waals surface area contributed by atoms with Gasteiger partial charge in [0.05, 0.1) is 4.92 Å². The number of benzene rings is 3. The molecule has 0 fully saturated rings. The molecule has 1 N–H and O–H groups in total. The van der Waals surface area contributed by atoms with Crippen molar-refractivity contribution in [3.05, 3.63) is 123 Å². The first-order valence-corrected chi connectivity index (χ1v) is 12.1. The molecule has 37 heavy (non-hydrogen) atoms. The lowest BCUT2D eigenvalue weighted by Crippen LogP contribution is -2.13. The number of nitro benzene ring substituents is 1. The Morgan fingerprint density at radius 1 is 1.08 bits per heavy atom. The van der Waals surface area contributed by atoms with Crippen LogP contribution in [0.3, 0.4) is 0 Å². The van der Waals surface area contributed by atoms with E-state index in [0.717, 1.165) is 4.88 Å². The number of hydrogen-bond donors (Lipinski definition) is 1. The first-order valence-electron chi connectivity index (χ1n) is 11.3. The van der Waals surface area contributed by atoms with Crippen molar-refractivity contribution in [1.82, 2.24) is 9.55 Å². The molecule has 0 aliphatic heterocycles. The highest BCUT2D eigenvalue weighted by molar-refractivity contribution is 7.15. The first kappa shape index (κ1) is 23.7. The number of anilines is 1. The summed E-state index contributed by atoms with van der Waals surface area (Å²) in [4.78, 5) is 28.6. The standard InChI is InChI=1S/C28H19N5O3S/c29-17-21(15-24-8-4-14-32(24)22-10-12-23(13-11-22)33(35)36)27(34)31-28-30-18-25(37-28)16-20-7-3-6-19-5-1-2-9-26(19)20/h1-15,18H,16H2,(H,30,31,34). The molecule has 0 atom stereocenters. The Labute approximate surface area is 215 Å². The quantitative estimate of drug-likeness (QED) is 0.124. The van der Waals surface area contributed by atoms with E-state index in [-0.39, 0.29) is 11.3 Å². The summed E-state index contributed by atoms with van der Waals surface area (Å²) in [7, 11) is 0. The number of rotatable bonds is 7. The molecule has 0 spiro atoms. The second kappa shape index (κ2) is 10.3. The number of nitrogens with one attached hydrogen (secondary N) is 1. The molecule has 9 heteroatoms. The summed E-state index contributed by atoms with van der Waals surface area (Å²) in [6.45, 7) is 0. The molecule has 5 aromatic rings. The summed E-state index contributed by atoms with van der Waals surface area (Å²) in [5.41, 5.74) is 2.30. The van der Waals surface area contributed by atoms with Gasteiger partial charge in [-0.1, -0.05) is 42.5 Å². The van der Waals surface area contributed by atoms with Crippen molar-refractivity contribution in [1.29, 1.82) is 5.26 Å². The van der Waals surface area contributed by atoms with E-state index in [1.54, 1.807) is 41.2 Å². The van der Waals surface area contributed by atoms with Crippen molar-refractivity contribution in [3.63, 3.8) is 0 Å². The number of non-ortho nitro benzene ring substituents is 1. The Balaban J connectivity index is 1.32. The molecular formula is C28H19N5O3S. The maximum Gasteiger partial charge on any atom is 0.269 e. The minimum atomic E-state index is -0.565. The molecule has 0 bridgehead atoms. The molecule has 5 rings (SSSR count). The van der Waals surface area contributed by atoms with Crippen molar-refractivity contribution in [2.45, 2.75) is 6.42 Å². The highest BCUT2D eigenvalue weighted by Crippen LogP contribution is 2.26. The molecule has 2 heterocycles. The summed E-state index contributed by atoms with van der Waals surface area (Å²) >= 11 is 1.36. The number of aromatic nitrogens is 2. The molecule has 180 valence electrons. The zero-order valence-electron chi connectivity index (χ0n) is 19.4. The van der Waals surface area contributed by atoms with Crippen molar-refractivity contribution in [2.24, 2.45) is 0 Å². The van der Waals surface area contributed by atoms with E-state index in [1.165, 1.54) is 45.9 Å². The monoisotopic (exact) mass is 505 g/mol. The fourth-order valence-corrected chi connectivity index (χ4v) is 4.85. The van der Waals surface area contributed by atoms with Crippen LogP contribution < -0.4 is 5.32 Å². The third-order valence-corrected chi connectivity index (χ3v) is 6.71. The molecule has 0 aliphatic rings. The van der Waals surface area contributed by atoms with Gasteiger partial charge < -0.3 is 4.57 Å². The van der Waals surface area contributed by atoms with Gasteiger partial charge in [-0.3, -0.25) is 20.2 Å². The number of carbonyl (C=O) groups excluding carboxylic acids is 1. The molecular weight excluding hydrogens is 486 g/mol. The van der Waals surface area contributed by atoms with Gasteiger partial charge in [0.15, 0.2) is 5.13 Å². The van der Waals surface area contributed by atoms with Gasteiger partial charge in [0.25, 0.3) is 11.6 Å². The largest absolute Gasteiger partial charge is 0.317 e. The smallest absolute Gasteiger partial charge is 0.269 e. The second-order valence-electron chi connectivity index (χ2n) is 8.15. The summed E-state index contributed by atoms with van der Waals surface area (Å²) < 4.78 is 1.74. The number of nitro groups is 1. The van der Waals surface area contributed by atoms with E-state index in [0.29, 0.717) is 22.9 Å². The molecule has 8 nitrogen and oxygen atoms in total. The van der Waals surface area contributed by atoms with Crippen LogP contribution in [0.5, 0.6) is 0 Å². The molecule has 0 saturated heterocycles. The summed E-state index contributed by atoms with van der Waals surface area (Å²) in [5.74, 6) is -0.565. The number of thiazole rings is 1. The highest BCUT2D eigenvalue weighted by atomic mass is 32.1. The van der Waals surface area contributed by atoms with E-state index in [2.05, 4.69) is 34.6 Å². The average Bonchev–Trinajstić information content (AvgIpc) is 3.56. The van der Waals surface area contributed by atoms with Crippen LogP contribution in [0.4, 0.5) is 10.8 Å². The van der Waals surface area contributed by atoms with Gasteiger partial charge in [-0.05, 0) is 46.7 Å². The van der Waals surface area contributed by atoms with Crippen LogP contribution in [-0.4, -0.2) is 20.4 Å². The van der Waals surface area contributed by atoms with Gasteiger partial charge in [0.2, 0.25) is 0 Å². The molecule has 2 aromatic heterocycles. The Bertz CT molecular complexity index is 1690. The van der Waals surface area contributed by atoms with E-state index in [1.807, 2.05) is 24.3 Å². The predicted molar refractivity (Wildman–Crippen MR) is 144 cm³/mol. The van der Waals surface area contributed by atoms with Gasteiger partial charge in [0, 0.05) is 47.2 Å². The van der Waals surface area contributed by atoms with Crippen LogP contribution in [0.15, 0.2) is 96.8 Å². The van der Waals surface area contributed by atoms with Gasteiger partial charge in [-0.15, -0.1) is 11.3 Å². The van der Waals surface area contributed by atoms with Crippen LogP contribution in [0.1, 0.15) is 16.1 Å². The van der Waals surface area contributed by atoms with Gasteiger partial charge >= 0.3 is 0 Å². The molecule has 0 radical (unpaired) electrons. The van der Waals surface area contributed by atoms with Crippen LogP contribution in [0.2, 0.25) is 0 Å². The third-order valence-electron chi connectivity index (χ3n) is 5.79. The lowest BCUT2D eigenvalue weighted by molar-refractivity contribution is -0.384. The van der Waals surface area contributed by atoms with Crippen LogP contribution in [0, 0.1) is 21.4 Å². The summed E-state index contributed by atoms with van der Waals surface area (Å²) in [6, 6.07) is 25.8. The number of fused-ring (bicyclic) bond motifs is 1. The SMILES string of the molecule is N#CC(=Cc1cccn1-c1ccc([N+](=O)[O-])cc1)C(=O)Nc1ncc(Cc2cccc3ccccc23)s1. The average molecular weight is 506 g/mol. The normalized spacial score (nSPS) is 11.3. The number of hydrogen-bond acceptors (Lipinski definition) is 6. The van der Waals surface area contributed by atoms with E-state index in [9.17, 15) is 20.2 Å². The summed E-state index contributed by atoms with van der Waals surface area (Å²) in [5, 5.41) is 26.1. The zero-order valence-corrected chi connectivity index (χ0v) is 20.2. The summed E-state index contributed by atoms with van der Waals surface area (Å²) in [6.07, 6.45) is 5.64. The topological polar surface area (TPSA) is 114 Å². The van der Waals surface area contributed by atoms with E-state index in [4.69, 9.17) is 0 Å². The Morgan fingerprint density at radius 2 is 1.86 bits per heavy atom. The maximum absolute atomic E-state index is 12.9. The van der Waals surface area contributed by atoms with Crippen molar-refractivity contribution < 1.29 is 9.72 Å². The fourth-order valence-electron chi connectivity index (χ4n) is 4.02. The van der Waals surface area contributed by atoms with Gasteiger partial charge in [-0.2, -0.15) is 5.26 Å². The molecule has 0 unspecified atom stereocenters. The number of carbonyl (C=O) groups is 1. The van der Waals surface area contributed by atoms with E-state index >= 15 is 0 Å². The van der Waals surface area contributed by atoms with Gasteiger partial charge in [-0.25, -0.2) is 4.98 Å². The number of nitriles is 1. The molecule has 3 aromatic carbocycles. The Morgan fingerprint density at radius 3 is 2.65 bits per heavy atom. The molecule has 0 saturated carbocycles. The van der Waals surface area contributed by atoms with Crippen LogP contribution in [-0.2, 0) is 11.2 Å². The minimum Gasteiger partial charge on any atom is -0.317 e. The molecule has 1 amide bonds. The lowest BCUT2D eigenvalue weighted by atomic mass is 10.0. The van der Waals surface area contributed by atoms with Crippen molar-refractivity contribution in [3.8, 4) is 11.8 Å². The van der Waals surface area contributed by atoms with Crippen molar-refractivity contribution >= 4 is 44.9 Å². The third kappa shape index (κ3) is 5.15. The number of nitrogens with zero attached hydrogens (tertiary/aromatic N) is 4. The van der Waals surface area contributed by atoms with Crippen LogP contribution >= 0.6 is 11.3 Å². The fraction of sp³-hybridized carbons (Fsp3) is 0.0357. The lowest BCUT2D eigenvalue weighted by Gasteiger charge is -2.07. The zero-order chi connectivity index (χ0) is 25.8. The van der Waals surface area contributed by atoms with Gasteiger partial charge in [0.1, 0.15) is 11.6 Å². The Kier molecular flexibility index (Phi) is 6.57. The predicted octanol–water partition coefficient (Wildman–Crippen LogP) is 6.13. The molecule has 0 aliphatic carbocycles. The second-order valence-corrected chi connectivity index (χ2v) is 9.26. The first-order chi connectivity index (χ1) is 18.0. The van der Waals surface area contributed by atoms with E-state index < -0.39 is 10.8 Å². The van der Waals surface area contributed by atoms with Crippen LogP contribution in [0.25, 0.3) is 22.5 Å². The highest BCUT2D eigenvalue weighted by Gasteiger charge is 2.14. The minimum absolute atomic E-state index is 0.0200. The number of amides is 1.